The predicted octanol–water partition coefficient (Wildman–Crippen LogP) is 2.29. The van der Waals surface area contributed by atoms with Gasteiger partial charge in [0.05, 0.1) is 0 Å². The molecule has 0 rings (SSSR count). The molecule has 1 unspecified atom stereocenters. The number of rotatable bonds is 4. The molecule has 0 saturated carbocycles. The molecule has 1 amide bonds. The summed E-state index contributed by atoms with van der Waals surface area (Å²) >= 11 is 0. The largest absolute Gasteiger partial charge is 0.273 e. The molecule has 0 radical (unpaired) electrons. The molecule has 1 atom stereocenters. The summed E-state index contributed by atoms with van der Waals surface area (Å²) in [6.45, 7) is 9.58. The monoisotopic (exact) mass is 155 g/mol. The lowest BCUT2D eigenvalue weighted by Gasteiger charge is -2.10. The van der Waals surface area contributed by atoms with Crippen molar-refractivity contribution in [3.8, 4) is 0 Å². The van der Waals surface area contributed by atoms with Crippen LogP contribution in [0.2, 0.25) is 0 Å². The zero-order chi connectivity index (χ0) is 8.85. The van der Waals surface area contributed by atoms with Crippen LogP contribution in [0.4, 0.5) is 0 Å². The quantitative estimate of drug-likeness (QED) is 0.573. The van der Waals surface area contributed by atoms with E-state index in [1.165, 1.54) is 0 Å². The second kappa shape index (κ2) is 5.05. The number of nitrogens with zero attached hydrogens (tertiary/aromatic N) is 1. The van der Waals surface area contributed by atoms with Crippen LogP contribution in [0.5, 0.6) is 0 Å². The van der Waals surface area contributed by atoms with E-state index in [4.69, 9.17) is 0 Å². The summed E-state index contributed by atoms with van der Waals surface area (Å²) in [6.07, 6.45) is 1.63. The van der Waals surface area contributed by atoms with Crippen LogP contribution in [0.15, 0.2) is 4.99 Å². The first-order valence-corrected chi connectivity index (χ1v) is 4.05. The first-order valence-electron chi connectivity index (χ1n) is 4.05. The molecule has 2 heteroatoms. The molecule has 0 aromatic carbocycles. The van der Waals surface area contributed by atoms with Gasteiger partial charge in [0.1, 0.15) is 0 Å². The number of hydrogen-bond donors (Lipinski definition) is 0. The minimum atomic E-state index is -0.0850. The van der Waals surface area contributed by atoms with Crippen LogP contribution in [0.1, 0.15) is 33.6 Å². The van der Waals surface area contributed by atoms with E-state index >= 15 is 0 Å². The van der Waals surface area contributed by atoms with Crippen molar-refractivity contribution in [2.24, 2.45) is 16.8 Å². The summed E-state index contributed by atoms with van der Waals surface area (Å²) in [7, 11) is 0. The summed E-state index contributed by atoms with van der Waals surface area (Å²) in [5.74, 6) is 1.01. The highest BCUT2D eigenvalue weighted by Gasteiger charge is 2.08. The Morgan fingerprint density at radius 2 is 2.00 bits per heavy atom. The molecule has 0 aliphatic heterocycles. The second-order valence-corrected chi connectivity index (χ2v) is 3.49. The number of hydrogen-bond acceptors (Lipinski definition) is 1. The van der Waals surface area contributed by atoms with Gasteiger partial charge in [0.25, 0.3) is 0 Å². The average Bonchev–Trinajstić information content (AvgIpc) is 1.85. The topological polar surface area (TPSA) is 29.4 Å². The summed E-state index contributed by atoms with van der Waals surface area (Å²) < 4.78 is 0. The Hall–Kier alpha value is -0.660. The first kappa shape index (κ1) is 10.3. The van der Waals surface area contributed by atoms with Crippen LogP contribution in [0, 0.1) is 11.8 Å². The molecular formula is C9H17NO. The highest BCUT2D eigenvalue weighted by Crippen LogP contribution is 2.14. The van der Waals surface area contributed by atoms with Gasteiger partial charge in [0.15, 0.2) is 0 Å². The van der Waals surface area contributed by atoms with Gasteiger partial charge in [0, 0.05) is 6.42 Å². The number of carbonyl (C=O) groups is 1. The maximum Gasteiger partial charge on any atom is 0.245 e. The van der Waals surface area contributed by atoms with E-state index in [9.17, 15) is 4.79 Å². The smallest absolute Gasteiger partial charge is 0.245 e. The Morgan fingerprint density at radius 1 is 1.45 bits per heavy atom. The molecule has 0 saturated heterocycles. The zero-order valence-corrected chi connectivity index (χ0v) is 7.63. The van der Waals surface area contributed by atoms with Gasteiger partial charge < -0.3 is 0 Å². The van der Waals surface area contributed by atoms with Gasteiger partial charge in [0.2, 0.25) is 5.91 Å². The third-order valence-electron chi connectivity index (χ3n) is 1.57. The van der Waals surface area contributed by atoms with Crippen molar-refractivity contribution in [1.29, 1.82) is 0 Å². The highest BCUT2D eigenvalue weighted by atomic mass is 16.1. The molecule has 11 heavy (non-hydrogen) atoms. The fraction of sp³-hybridized carbons (Fsp3) is 0.778. The molecular weight excluding hydrogens is 138 g/mol. The van der Waals surface area contributed by atoms with Crippen molar-refractivity contribution in [3.05, 3.63) is 0 Å². The molecule has 0 spiro atoms. The summed E-state index contributed by atoms with van der Waals surface area (Å²) in [4.78, 5) is 14.1. The number of amides is 1. The normalized spacial score (nSPS) is 13.1. The first-order chi connectivity index (χ1) is 5.06. The fourth-order valence-electron chi connectivity index (χ4n) is 1.25. The second-order valence-electron chi connectivity index (χ2n) is 3.49. The maximum atomic E-state index is 10.8. The fourth-order valence-corrected chi connectivity index (χ4v) is 1.25. The van der Waals surface area contributed by atoms with Gasteiger partial charge in [-0.05, 0) is 25.0 Å². The van der Waals surface area contributed by atoms with Crippen LogP contribution in [-0.4, -0.2) is 12.6 Å². The molecule has 0 aliphatic carbocycles. The Balaban J connectivity index is 3.59. The molecule has 2 nitrogen and oxygen atoms in total. The summed E-state index contributed by atoms with van der Waals surface area (Å²) in [5.41, 5.74) is 0. The van der Waals surface area contributed by atoms with Crippen molar-refractivity contribution >= 4 is 12.6 Å². The SMILES string of the molecule is C=NC(=O)CC(C)CC(C)C. The third kappa shape index (κ3) is 5.77. The van der Waals surface area contributed by atoms with Crippen molar-refractivity contribution in [2.75, 3.05) is 0 Å². The Bertz CT molecular complexity index is 140. The van der Waals surface area contributed by atoms with Gasteiger partial charge in [-0.2, -0.15) is 0 Å². The molecule has 64 valence electrons. The highest BCUT2D eigenvalue weighted by molar-refractivity contribution is 5.80. The van der Waals surface area contributed by atoms with Gasteiger partial charge in [-0.1, -0.05) is 20.8 Å². The molecule has 0 heterocycles. The van der Waals surface area contributed by atoms with E-state index < -0.39 is 0 Å². The van der Waals surface area contributed by atoms with E-state index in [-0.39, 0.29) is 5.91 Å². The van der Waals surface area contributed by atoms with Crippen LogP contribution >= 0.6 is 0 Å². The lowest BCUT2D eigenvalue weighted by atomic mass is 9.96. The molecule has 0 aromatic rings. The zero-order valence-electron chi connectivity index (χ0n) is 7.63. The summed E-state index contributed by atoms with van der Waals surface area (Å²) in [5, 5.41) is 0. The Labute approximate surface area is 68.7 Å². The number of aliphatic imine (C=N–C) groups is 1. The maximum absolute atomic E-state index is 10.8. The van der Waals surface area contributed by atoms with E-state index in [1.54, 1.807) is 0 Å². The minimum absolute atomic E-state index is 0.0850. The van der Waals surface area contributed by atoms with Gasteiger partial charge in [-0.25, -0.2) is 4.99 Å². The van der Waals surface area contributed by atoms with E-state index in [1.807, 2.05) is 0 Å². The van der Waals surface area contributed by atoms with Gasteiger partial charge >= 0.3 is 0 Å². The van der Waals surface area contributed by atoms with E-state index in [0.717, 1.165) is 6.42 Å². The molecule has 0 aromatic heterocycles. The summed E-state index contributed by atoms with van der Waals surface area (Å²) in [6, 6.07) is 0. The minimum Gasteiger partial charge on any atom is -0.273 e. The average molecular weight is 155 g/mol. The lowest BCUT2D eigenvalue weighted by molar-refractivity contribution is -0.118. The third-order valence-corrected chi connectivity index (χ3v) is 1.57. The standard InChI is InChI=1S/C9H17NO/c1-7(2)5-8(3)6-9(11)10-4/h7-8H,4-6H2,1-3H3. The Kier molecular flexibility index (Phi) is 4.75. The van der Waals surface area contributed by atoms with E-state index in [0.29, 0.717) is 18.3 Å². The van der Waals surface area contributed by atoms with Crippen LogP contribution < -0.4 is 0 Å². The molecule has 0 fully saturated rings. The van der Waals surface area contributed by atoms with Crippen molar-refractivity contribution in [3.63, 3.8) is 0 Å². The van der Waals surface area contributed by atoms with Crippen LogP contribution in [-0.2, 0) is 4.79 Å². The van der Waals surface area contributed by atoms with Crippen LogP contribution in [0.25, 0.3) is 0 Å². The lowest BCUT2D eigenvalue weighted by Crippen LogP contribution is -2.05. The molecule has 0 N–H and O–H groups in total. The van der Waals surface area contributed by atoms with E-state index in [2.05, 4.69) is 32.5 Å². The predicted molar refractivity (Wildman–Crippen MR) is 47.8 cm³/mol. The van der Waals surface area contributed by atoms with Crippen molar-refractivity contribution in [1.82, 2.24) is 0 Å². The van der Waals surface area contributed by atoms with Crippen molar-refractivity contribution < 1.29 is 4.79 Å². The molecule has 0 aliphatic rings. The van der Waals surface area contributed by atoms with Crippen molar-refractivity contribution in [2.45, 2.75) is 33.6 Å². The van der Waals surface area contributed by atoms with Gasteiger partial charge in [-0.15, -0.1) is 0 Å². The number of carbonyl (C=O) groups excluding carboxylic acids is 1. The van der Waals surface area contributed by atoms with Crippen LogP contribution in [0.3, 0.4) is 0 Å². The molecule has 0 bridgehead atoms. The Morgan fingerprint density at radius 3 is 2.36 bits per heavy atom. The van der Waals surface area contributed by atoms with Gasteiger partial charge in [-0.3, -0.25) is 4.79 Å².